The lowest BCUT2D eigenvalue weighted by atomic mass is 10.0. The molecule has 0 radical (unpaired) electrons. The van der Waals surface area contributed by atoms with Crippen LogP contribution in [0.4, 0.5) is 0 Å². The molecule has 2 amide bonds. The number of hydrogen-bond donors (Lipinski definition) is 2. The molecule has 2 N–H and O–H groups in total. The smallest absolute Gasteiger partial charge is 0.242 e. The van der Waals surface area contributed by atoms with E-state index in [-0.39, 0.29) is 17.9 Å². The maximum Gasteiger partial charge on any atom is 0.242 e. The van der Waals surface area contributed by atoms with Crippen LogP contribution in [0.5, 0.6) is 0 Å². The van der Waals surface area contributed by atoms with Gasteiger partial charge in [0.2, 0.25) is 11.8 Å². The molecule has 126 valence electrons. The fourth-order valence-corrected chi connectivity index (χ4v) is 3.00. The minimum atomic E-state index is -0.587. The average molecular weight is 318 g/mol. The van der Waals surface area contributed by atoms with Gasteiger partial charge in [-0.15, -0.1) is 0 Å². The summed E-state index contributed by atoms with van der Waals surface area (Å²) in [6.07, 6.45) is 2.95. The zero-order chi connectivity index (χ0) is 16.7. The Bertz CT molecular complexity index is 518. The van der Waals surface area contributed by atoms with Crippen LogP contribution in [0.1, 0.15) is 50.7 Å². The first-order chi connectivity index (χ1) is 11.1. The van der Waals surface area contributed by atoms with Gasteiger partial charge in [-0.05, 0) is 31.2 Å². The van der Waals surface area contributed by atoms with E-state index < -0.39 is 6.10 Å². The summed E-state index contributed by atoms with van der Waals surface area (Å²) in [5.41, 5.74) is 0.849. The number of aliphatic hydroxyl groups is 1. The average Bonchev–Trinajstić information content (AvgIpc) is 2.61. The minimum Gasteiger partial charge on any atom is -0.388 e. The number of carbonyl (C=O) groups excluding carboxylic acids is 2. The molecule has 0 aromatic heterocycles. The first kappa shape index (κ1) is 17.5. The highest BCUT2D eigenvalue weighted by molar-refractivity contribution is 5.87. The molecule has 2 atom stereocenters. The van der Waals surface area contributed by atoms with Crippen LogP contribution in [-0.4, -0.2) is 41.0 Å². The molecule has 1 aliphatic rings. The molecule has 2 unspecified atom stereocenters. The second kappa shape index (κ2) is 8.67. The summed E-state index contributed by atoms with van der Waals surface area (Å²) in [6, 6.07) is 9.05. The van der Waals surface area contributed by atoms with E-state index in [2.05, 4.69) is 5.32 Å². The Kier molecular flexibility index (Phi) is 6.59. The maximum absolute atomic E-state index is 12.4. The van der Waals surface area contributed by atoms with E-state index in [1.165, 1.54) is 0 Å². The van der Waals surface area contributed by atoms with E-state index in [1.807, 2.05) is 37.3 Å². The fraction of sp³-hybridized carbons (Fsp3) is 0.556. The highest BCUT2D eigenvalue weighted by Gasteiger charge is 2.30. The zero-order valence-electron chi connectivity index (χ0n) is 13.7. The Morgan fingerprint density at radius 3 is 2.74 bits per heavy atom. The topological polar surface area (TPSA) is 69.6 Å². The van der Waals surface area contributed by atoms with E-state index in [0.717, 1.165) is 24.8 Å². The summed E-state index contributed by atoms with van der Waals surface area (Å²) in [6.45, 7) is 2.89. The van der Waals surface area contributed by atoms with Crippen molar-refractivity contribution in [1.29, 1.82) is 0 Å². The van der Waals surface area contributed by atoms with Crippen LogP contribution in [0.25, 0.3) is 0 Å². The van der Waals surface area contributed by atoms with Gasteiger partial charge in [-0.25, -0.2) is 0 Å². The second-order valence-corrected chi connectivity index (χ2v) is 5.96. The van der Waals surface area contributed by atoms with Crippen LogP contribution in [0.3, 0.4) is 0 Å². The molecule has 2 rings (SSSR count). The van der Waals surface area contributed by atoms with E-state index in [0.29, 0.717) is 25.9 Å². The lowest BCUT2D eigenvalue weighted by Crippen LogP contribution is -2.52. The van der Waals surface area contributed by atoms with Crippen molar-refractivity contribution in [2.75, 3.05) is 13.1 Å². The van der Waals surface area contributed by atoms with Gasteiger partial charge in [0.15, 0.2) is 0 Å². The van der Waals surface area contributed by atoms with Crippen LogP contribution in [0.15, 0.2) is 30.3 Å². The van der Waals surface area contributed by atoms with Crippen LogP contribution >= 0.6 is 0 Å². The summed E-state index contributed by atoms with van der Waals surface area (Å²) in [7, 11) is 0. The SMILES string of the molecule is CCC(=O)N1CCCCC1C(=O)NCCC(O)c1ccccc1. The maximum atomic E-state index is 12.4. The highest BCUT2D eigenvalue weighted by Crippen LogP contribution is 2.19. The number of rotatable bonds is 6. The summed E-state index contributed by atoms with van der Waals surface area (Å²) in [4.78, 5) is 26.0. The van der Waals surface area contributed by atoms with Crippen LogP contribution in [0.2, 0.25) is 0 Å². The van der Waals surface area contributed by atoms with Gasteiger partial charge in [0.05, 0.1) is 6.10 Å². The molecule has 1 aliphatic heterocycles. The first-order valence-corrected chi connectivity index (χ1v) is 8.43. The predicted octanol–water partition coefficient (Wildman–Crippen LogP) is 2.02. The first-order valence-electron chi connectivity index (χ1n) is 8.43. The molecular formula is C18H26N2O3. The number of nitrogens with zero attached hydrogens (tertiary/aromatic N) is 1. The number of nitrogens with one attached hydrogen (secondary N) is 1. The molecule has 1 aromatic rings. The van der Waals surface area contributed by atoms with Crippen LogP contribution < -0.4 is 5.32 Å². The van der Waals surface area contributed by atoms with Crippen molar-refractivity contribution in [3.05, 3.63) is 35.9 Å². The van der Waals surface area contributed by atoms with Gasteiger partial charge in [0, 0.05) is 19.5 Å². The van der Waals surface area contributed by atoms with Crippen molar-refractivity contribution < 1.29 is 14.7 Å². The number of aliphatic hydroxyl groups excluding tert-OH is 1. The third-order valence-electron chi connectivity index (χ3n) is 4.33. The largest absolute Gasteiger partial charge is 0.388 e. The number of likely N-dealkylation sites (tertiary alicyclic amines) is 1. The van der Waals surface area contributed by atoms with Crippen molar-refractivity contribution >= 4 is 11.8 Å². The normalized spacial score (nSPS) is 19.2. The number of amides is 2. The molecule has 1 saturated heterocycles. The van der Waals surface area contributed by atoms with Crippen molar-refractivity contribution in [3.8, 4) is 0 Å². The lowest BCUT2D eigenvalue weighted by Gasteiger charge is -2.34. The Balaban J connectivity index is 1.82. The lowest BCUT2D eigenvalue weighted by molar-refractivity contribution is -0.142. The molecule has 1 heterocycles. The summed E-state index contributed by atoms with van der Waals surface area (Å²) in [5.74, 6) is -0.0686. The molecule has 0 bridgehead atoms. The zero-order valence-corrected chi connectivity index (χ0v) is 13.7. The van der Waals surface area contributed by atoms with Gasteiger partial charge in [-0.2, -0.15) is 0 Å². The number of piperidine rings is 1. The van der Waals surface area contributed by atoms with Gasteiger partial charge in [0.1, 0.15) is 6.04 Å². The highest BCUT2D eigenvalue weighted by atomic mass is 16.3. The summed E-state index contributed by atoms with van der Waals surface area (Å²) < 4.78 is 0. The Morgan fingerprint density at radius 2 is 2.04 bits per heavy atom. The number of carbonyl (C=O) groups is 2. The van der Waals surface area contributed by atoms with E-state index in [9.17, 15) is 14.7 Å². The van der Waals surface area contributed by atoms with Gasteiger partial charge in [-0.1, -0.05) is 37.3 Å². The van der Waals surface area contributed by atoms with Gasteiger partial charge >= 0.3 is 0 Å². The van der Waals surface area contributed by atoms with Crippen LogP contribution in [-0.2, 0) is 9.59 Å². The molecule has 1 aromatic carbocycles. The van der Waals surface area contributed by atoms with Gasteiger partial charge in [-0.3, -0.25) is 9.59 Å². The quantitative estimate of drug-likeness (QED) is 0.843. The Hall–Kier alpha value is -1.88. The summed E-state index contributed by atoms with van der Waals surface area (Å²) in [5, 5.41) is 13.0. The third kappa shape index (κ3) is 4.79. The van der Waals surface area contributed by atoms with Crippen molar-refractivity contribution in [2.45, 2.75) is 51.2 Å². The standard InChI is InChI=1S/C18H26N2O3/c1-2-17(22)20-13-7-6-10-15(20)18(23)19-12-11-16(21)14-8-4-3-5-9-14/h3-5,8-9,15-16,21H,2,6-7,10-13H2,1H3,(H,19,23). The van der Waals surface area contributed by atoms with E-state index in [4.69, 9.17) is 0 Å². The minimum absolute atomic E-state index is 0.0363. The van der Waals surface area contributed by atoms with Gasteiger partial charge < -0.3 is 15.3 Å². The van der Waals surface area contributed by atoms with E-state index >= 15 is 0 Å². The molecule has 5 heteroatoms. The molecule has 5 nitrogen and oxygen atoms in total. The molecule has 23 heavy (non-hydrogen) atoms. The number of hydrogen-bond acceptors (Lipinski definition) is 3. The molecule has 0 saturated carbocycles. The predicted molar refractivity (Wildman–Crippen MR) is 88.7 cm³/mol. The summed E-state index contributed by atoms with van der Waals surface area (Å²) >= 11 is 0. The van der Waals surface area contributed by atoms with Crippen molar-refractivity contribution in [3.63, 3.8) is 0 Å². The molecule has 0 spiro atoms. The number of benzene rings is 1. The van der Waals surface area contributed by atoms with Crippen molar-refractivity contribution in [1.82, 2.24) is 10.2 Å². The third-order valence-corrected chi connectivity index (χ3v) is 4.33. The molecule has 0 aliphatic carbocycles. The molecule has 1 fully saturated rings. The second-order valence-electron chi connectivity index (χ2n) is 5.96. The Labute approximate surface area is 137 Å². The monoisotopic (exact) mass is 318 g/mol. The van der Waals surface area contributed by atoms with E-state index in [1.54, 1.807) is 4.90 Å². The van der Waals surface area contributed by atoms with Crippen LogP contribution in [0, 0.1) is 0 Å². The van der Waals surface area contributed by atoms with Gasteiger partial charge in [0.25, 0.3) is 0 Å². The fourth-order valence-electron chi connectivity index (χ4n) is 3.00. The van der Waals surface area contributed by atoms with Crippen molar-refractivity contribution in [2.24, 2.45) is 0 Å². The molecular weight excluding hydrogens is 292 g/mol. The Morgan fingerprint density at radius 1 is 1.30 bits per heavy atom.